The van der Waals surface area contributed by atoms with Gasteiger partial charge in [0.25, 0.3) is 0 Å². The van der Waals surface area contributed by atoms with E-state index in [-0.39, 0.29) is 11.7 Å². The summed E-state index contributed by atoms with van der Waals surface area (Å²) in [6.07, 6.45) is -4.04. The van der Waals surface area contributed by atoms with E-state index in [2.05, 4.69) is 15.0 Å². The summed E-state index contributed by atoms with van der Waals surface area (Å²) in [5.41, 5.74) is 7.37. The fourth-order valence-corrected chi connectivity index (χ4v) is 2.28. The van der Waals surface area contributed by atoms with Crippen LogP contribution in [0.5, 0.6) is 5.75 Å². The second-order valence-electron chi connectivity index (χ2n) is 5.97. The number of nitrogens with zero attached hydrogens (tertiary/aromatic N) is 1. The van der Waals surface area contributed by atoms with E-state index in [1.807, 2.05) is 30.3 Å². The SMILES string of the molecule is NC(=NCCCOCCOCc1ccccc1)Nc1ccc(OC(F)(F)F)cc1. The molecule has 0 atom stereocenters. The molecule has 0 aliphatic carbocycles. The van der Waals surface area contributed by atoms with Crippen molar-refractivity contribution >= 4 is 11.6 Å². The maximum absolute atomic E-state index is 12.1. The molecular weight excluding hydrogens is 387 g/mol. The van der Waals surface area contributed by atoms with Crippen LogP contribution in [-0.4, -0.2) is 38.7 Å². The number of nitrogens with one attached hydrogen (secondary N) is 1. The van der Waals surface area contributed by atoms with E-state index in [1.165, 1.54) is 24.3 Å². The van der Waals surface area contributed by atoms with Crippen molar-refractivity contribution in [3.63, 3.8) is 0 Å². The van der Waals surface area contributed by atoms with E-state index >= 15 is 0 Å². The van der Waals surface area contributed by atoms with Crippen LogP contribution in [0.25, 0.3) is 0 Å². The molecule has 0 aromatic heterocycles. The first-order valence-electron chi connectivity index (χ1n) is 9.04. The largest absolute Gasteiger partial charge is 0.573 e. The van der Waals surface area contributed by atoms with Gasteiger partial charge in [-0.1, -0.05) is 30.3 Å². The summed E-state index contributed by atoms with van der Waals surface area (Å²) in [5.74, 6) is -0.135. The molecule has 0 fully saturated rings. The van der Waals surface area contributed by atoms with Crippen LogP contribution in [0.3, 0.4) is 0 Å². The van der Waals surface area contributed by atoms with E-state index < -0.39 is 6.36 Å². The zero-order valence-corrected chi connectivity index (χ0v) is 15.8. The van der Waals surface area contributed by atoms with Crippen LogP contribution < -0.4 is 15.8 Å². The van der Waals surface area contributed by atoms with Crippen molar-refractivity contribution in [3.8, 4) is 5.75 Å². The minimum Gasteiger partial charge on any atom is -0.406 e. The minimum atomic E-state index is -4.72. The van der Waals surface area contributed by atoms with Crippen molar-refractivity contribution in [2.45, 2.75) is 19.4 Å². The highest BCUT2D eigenvalue weighted by molar-refractivity contribution is 5.92. The van der Waals surface area contributed by atoms with Crippen molar-refractivity contribution in [3.05, 3.63) is 60.2 Å². The molecule has 2 rings (SSSR count). The van der Waals surface area contributed by atoms with Crippen LogP contribution in [-0.2, 0) is 16.1 Å². The highest BCUT2D eigenvalue weighted by atomic mass is 19.4. The van der Waals surface area contributed by atoms with E-state index in [1.54, 1.807) is 0 Å². The lowest BCUT2D eigenvalue weighted by molar-refractivity contribution is -0.274. The highest BCUT2D eigenvalue weighted by Crippen LogP contribution is 2.23. The van der Waals surface area contributed by atoms with Gasteiger partial charge in [-0.3, -0.25) is 4.99 Å². The minimum absolute atomic E-state index is 0.167. The summed E-state index contributed by atoms with van der Waals surface area (Å²) in [5, 5.41) is 2.80. The maximum atomic E-state index is 12.1. The standard InChI is InChI=1S/C20H24F3N3O3/c21-20(22,23)29-18-9-7-17(8-10-18)26-19(24)25-11-4-12-27-13-14-28-15-16-5-2-1-3-6-16/h1-3,5-10H,4,11-15H2,(H3,24,25,26). The second kappa shape index (κ2) is 11.9. The Morgan fingerprint density at radius 3 is 2.31 bits per heavy atom. The zero-order valence-electron chi connectivity index (χ0n) is 15.8. The molecule has 0 radical (unpaired) electrons. The molecule has 9 heteroatoms. The summed E-state index contributed by atoms with van der Waals surface area (Å²) >= 11 is 0. The third-order valence-corrected chi connectivity index (χ3v) is 3.57. The molecule has 2 aromatic carbocycles. The number of nitrogens with two attached hydrogens (primary N) is 1. The topological polar surface area (TPSA) is 78.1 Å². The van der Waals surface area contributed by atoms with Crippen LogP contribution >= 0.6 is 0 Å². The van der Waals surface area contributed by atoms with E-state index in [9.17, 15) is 13.2 Å². The number of alkyl halides is 3. The van der Waals surface area contributed by atoms with Gasteiger partial charge in [-0.15, -0.1) is 13.2 Å². The Hall–Kier alpha value is -2.78. The van der Waals surface area contributed by atoms with E-state index in [0.29, 0.717) is 45.1 Å². The monoisotopic (exact) mass is 411 g/mol. The lowest BCUT2D eigenvalue weighted by Gasteiger charge is -2.10. The van der Waals surface area contributed by atoms with Crippen LogP contribution in [0.15, 0.2) is 59.6 Å². The number of guanidine groups is 1. The van der Waals surface area contributed by atoms with Crippen LogP contribution in [0, 0.1) is 0 Å². The Morgan fingerprint density at radius 2 is 1.62 bits per heavy atom. The molecule has 0 amide bonds. The van der Waals surface area contributed by atoms with Crippen molar-refractivity contribution in [1.82, 2.24) is 0 Å². The van der Waals surface area contributed by atoms with Gasteiger partial charge in [0.05, 0.1) is 19.8 Å². The average Bonchev–Trinajstić information content (AvgIpc) is 2.68. The summed E-state index contributed by atoms with van der Waals surface area (Å²) < 4.78 is 51.1. The van der Waals surface area contributed by atoms with Crippen LogP contribution in [0.2, 0.25) is 0 Å². The lowest BCUT2D eigenvalue weighted by atomic mass is 10.2. The first-order chi connectivity index (χ1) is 13.9. The Balaban J connectivity index is 1.53. The number of halogens is 3. The Bertz CT molecular complexity index is 738. The molecule has 0 bridgehead atoms. The Morgan fingerprint density at radius 1 is 0.931 bits per heavy atom. The molecule has 2 aromatic rings. The molecule has 0 unspecified atom stereocenters. The predicted octanol–water partition coefficient (Wildman–Crippen LogP) is 3.94. The zero-order chi connectivity index (χ0) is 21.0. The molecular formula is C20H24F3N3O3. The second-order valence-corrected chi connectivity index (χ2v) is 5.97. The van der Waals surface area contributed by atoms with Gasteiger partial charge in [-0.25, -0.2) is 0 Å². The molecule has 0 spiro atoms. The molecule has 6 nitrogen and oxygen atoms in total. The highest BCUT2D eigenvalue weighted by Gasteiger charge is 2.30. The maximum Gasteiger partial charge on any atom is 0.573 e. The summed E-state index contributed by atoms with van der Waals surface area (Å²) in [7, 11) is 0. The predicted molar refractivity (Wildman–Crippen MR) is 105 cm³/mol. The van der Waals surface area contributed by atoms with Gasteiger partial charge in [-0.2, -0.15) is 0 Å². The van der Waals surface area contributed by atoms with Crippen molar-refractivity contribution < 1.29 is 27.4 Å². The first kappa shape index (κ1) is 22.5. The Labute approximate surface area is 167 Å². The Kier molecular flexibility index (Phi) is 9.26. The quantitative estimate of drug-likeness (QED) is 0.333. The molecule has 0 aliphatic rings. The van der Waals surface area contributed by atoms with Gasteiger partial charge in [-0.05, 0) is 36.2 Å². The van der Waals surface area contributed by atoms with Crippen LogP contribution in [0.1, 0.15) is 12.0 Å². The summed E-state index contributed by atoms with van der Waals surface area (Å²) in [4.78, 5) is 4.14. The van der Waals surface area contributed by atoms with Gasteiger partial charge < -0.3 is 25.3 Å². The smallest absolute Gasteiger partial charge is 0.406 e. The first-order valence-corrected chi connectivity index (χ1v) is 9.04. The number of hydrogen-bond acceptors (Lipinski definition) is 4. The molecule has 29 heavy (non-hydrogen) atoms. The normalized spacial score (nSPS) is 12.0. The number of anilines is 1. The average molecular weight is 411 g/mol. The van der Waals surface area contributed by atoms with Gasteiger partial charge in [0, 0.05) is 18.8 Å². The fourth-order valence-electron chi connectivity index (χ4n) is 2.28. The molecule has 0 saturated carbocycles. The third-order valence-electron chi connectivity index (χ3n) is 3.57. The van der Waals surface area contributed by atoms with Gasteiger partial charge in [0.2, 0.25) is 0 Å². The van der Waals surface area contributed by atoms with Crippen molar-refractivity contribution in [1.29, 1.82) is 0 Å². The number of rotatable bonds is 11. The van der Waals surface area contributed by atoms with E-state index in [4.69, 9.17) is 15.2 Å². The van der Waals surface area contributed by atoms with Crippen LogP contribution in [0.4, 0.5) is 18.9 Å². The van der Waals surface area contributed by atoms with Gasteiger partial charge in [0.1, 0.15) is 5.75 Å². The summed E-state index contributed by atoms with van der Waals surface area (Å²) in [6, 6.07) is 15.1. The van der Waals surface area contributed by atoms with E-state index in [0.717, 1.165) is 5.56 Å². The molecule has 158 valence electrons. The lowest BCUT2D eigenvalue weighted by Crippen LogP contribution is -2.23. The molecule has 0 saturated heterocycles. The molecule has 0 heterocycles. The molecule has 0 aliphatic heterocycles. The number of ether oxygens (including phenoxy) is 3. The third kappa shape index (κ3) is 10.4. The van der Waals surface area contributed by atoms with Crippen molar-refractivity contribution in [2.24, 2.45) is 10.7 Å². The molecule has 3 N–H and O–H groups in total. The summed E-state index contributed by atoms with van der Waals surface area (Å²) in [6.45, 7) is 2.54. The number of aliphatic imine (C=N–C) groups is 1. The van der Waals surface area contributed by atoms with Gasteiger partial charge >= 0.3 is 6.36 Å². The fraction of sp³-hybridized carbons (Fsp3) is 0.350. The number of hydrogen-bond donors (Lipinski definition) is 2. The number of benzene rings is 2. The van der Waals surface area contributed by atoms with Gasteiger partial charge in [0.15, 0.2) is 5.96 Å². The van der Waals surface area contributed by atoms with Crippen molar-refractivity contribution in [2.75, 3.05) is 31.7 Å².